The molecule has 0 amide bonds. The average molecular weight is 473 g/mol. The molecule has 0 aliphatic carbocycles. The lowest BCUT2D eigenvalue weighted by Crippen LogP contribution is -2.54. The molecule has 5 N–H and O–H groups in total. The van der Waals surface area contributed by atoms with Gasteiger partial charge in [-0.2, -0.15) is 10.6 Å². The third-order valence-electron chi connectivity index (χ3n) is 6.51. The van der Waals surface area contributed by atoms with Gasteiger partial charge in [-0.15, -0.1) is 0 Å². The predicted octanol–water partition coefficient (Wildman–Crippen LogP) is 4.17. The average Bonchev–Trinajstić information content (AvgIpc) is 2.78. The van der Waals surface area contributed by atoms with Crippen LogP contribution in [0.1, 0.15) is 31.7 Å². The second kappa shape index (κ2) is 7.79. The maximum absolute atomic E-state index is 15.1. The smallest absolute Gasteiger partial charge is 0.232 e. The third kappa shape index (κ3) is 3.47. The van der Waals surface area contributed by atoms with Gasteiger partial charge in [-0.05, 0) is 50.5 Å². The van der Waals surface area contributed by atoms with E-state index in [1.54, 1.807) is 31.3 Å². The van der Waals surface area contributed by atoms with Crippen LogP contribution in [0.15, 0.2) is 41.7 Å². The van der Waals surface area contributed by atoms with Crippen molar-refractivity contribution in [2.24, 2.45) is 10.7 Å². The van der Waals surface area contributed by atoms with E-state index >= 15 is 4.39 Å². The molecule has 0 radical (unpaired) electrons. The molecule has 9 nitrogen and oxygen atoms in total. The Hall–Kier alpha value is -3.02. The molecule has 4 heterocycles. The number of amidine groups is 1. The molecule has 0 unspecified atom stereocenters. The molecule has 1 saturated heterocycles. The van der Waals surface area contributed by atoms with Crippen molar-refractivity contribution in [2.75, 3.05) is 12.4 Å². The molecule has 1 fully saturated rings. The number of aromatic nitrogens is 3. The van der Waals surface area contributed by atoms with Crippen molar-refractivity contribution in [1.82, 2.24) is 15.0 Å². The summed E-state index contributed by atoms with van der Waals surface area (Å²) < 4.78 is 42.2. The number of nitrogens with zero attached hydrogens (tertiary/aromatic N) is 4. The van der Waals surface area contributed by atoms with Crippen LogP contribution in [-0.2, 0) is 5.54 Å². The molecule has 1 aromatic carbocycles. The molecular formula is C22H25FN6O3S. The topological polar surface area (TPSA) is 139 Å². The zero-order valence-corrected chi connectivity index (χ0v) is 19.0. The van der Waals surface area contributed by atoms with E-state index in [-0.39, 0.29) is 11.4 Å². The Kier molecular flexibility index (Phi) is 5.15. The van der Waals surface area contributed by atoms with Crippen LogP contribution in [0.3, 0.4) is 0 Å². The van der Waals surface area contributed by atoms with E-state index in [9.17, 15) is 9.11 Å². The largest absolute Gasteiger partial charge is 0.480 e. The van der Waals surface area contributed by atoms with Crippen molar-refractivity contribution in [3.8, 4) is 5.88 Å². The van der Waals surface area contributed by atoms with E-state index in [0.717, 1.165) is 6.42 Å². The Balaban J connectivity index is 1.57. The Morgan fingerprint density at radius 3 is 2.85 bits per heavy atom. The first-order chi connectivity index (χ1) is 15.7. The zero-order chi connectivity index (χ0) is 23.4. The molecule has 174 valence electrons. The van der Waals surface area contributed by atoms with E-state index in [1.807, 2.05) is 0 Å². The number of anilines is 2. The second-order valence-electron chi connectivity index (χ2n) is 8.49. The summed E-state index contributed by atoms with van der Waals surface area (Å²) in [6.07, 6.45) is 4.97. The van der Waals surface area contributed by atoms with Gasteiger partial charge in [0.15, 0.2) is 5.82 Å². The highest BCUT2D eigenvalue weighted by atomic mass is 32.3. The summed E-state index contributed by atoms with van der Waals surface area (Å²) in [4.78, 5) is 17.7. The number of hydrogen-bond acceptors (Lipinski definition) is 9. The lowest BCUT2D eigenvalue weighted by Gasteiger charge is -2.57. The standard InChI is InChI=1S/C22H25FN6O3S/c1-22(17-5-3-4-16(20(24)29-22)33(17,30)31)13-10-12(6-7-14(13)23)27-21-19-15(8-9-25-21)28-18(32-2)11-26-19/h6-11,16-17,30-31H,3-5H2,1-2H3,(H2,24,29)(H,25,27)/t16-,17-,22-/m1/s1. The number of nitrogens with two attached hydrogens (primary N) is 1. The normalized spacial score (nSPS) is 27.0. The van der Waals surface area contributed by atoms with Crippen LogP contribution >= 0.6 is 10.6 Å². The Bertz CT molecular complexity index is 1270. The summed E-state index contributed by atoms with van der Waals surface area (Å²) in [6.45, 7) is 1.72. The molecule has 2 aromatic heterocycles. The summed E-state index contributed by atoms with van der Waals surface area (Å²) in [5, 5.41) is 2.00. The second-order valence-corrected chi connectivity index (χ2v) is 10.9. The number of rotatable bonds is 4. The first kappa shape index (κ1) is 21.8. The van der Waals surface area contributed by atoms with Crippen LogP contribution in [0.4, 0.5) is 15.9 Å². The Morgan fingerprint density at radius 1 is 1.24 bits per heavy atom. The molecule has 0 spiro atoms. The van der Waals surface area contributed by atoms with Crippen molar-refractivity contribution in [1.29, 1.82) is 0 Å². The van der Waals surface area contributed by atoms with Gasteiger partial charge in [0.25, 0.3) is 0 Å². The number of halogens is 1. The quantitative estimate of drug-likeness (QED) is 0.444. The van der Waals surface area contributed by atoms with E-state index < -0.39 is 32.4 Å². The van der Waals surface area contributed by atoms with E-state index in [0.29, 0.717) is 41.3 Å². The molecule has 2 aliphatic heterocycles. The molecule has 3 aromatic rings. The molecule has 0 saturated carbocycles. The summed E-state index contributed by atoms with van der Waals surface area (Å²) in [5.74, 6) is 0.508. The fraction of sp³-hybridized carbons (Fsp3) is 0.364. The van der Waals surface area contributed by atoms with Crippen LogP contribution in [-0.4, -0.2) is 47.5 Å². The molecular weight excluding hydrogens is 447 g/mol. The predicted molar refractivity (Wildman–Crippen MR) is 127 cm³/mol. The number of methoxy groups -OCH3 is 1. The van der Waals surface area contributed by atoms with Crippen molar-refractivity contribution in [2.45, 2.75) is 42.2 Å². The van der Waals surface area contributed by atoms with Gasteiger partial charge >= 0.3 is 0 Å². The highest BCUT2D eigenvalue weighted by Crippen LogP contribution is 2.64. The highest BCUT2D eigenvalue weighted by Gasteiger charge is 2.54. The molecule has 3 atom stereocenters. The Morgan fingerprint density at radius 2 is 2.06 bits per heavy atom. The third-order valence-corrected chi connectivity index (χ3v) is 9.36. The van der Waals surface area contributed by atoms with Crippen LogP contribution in [0, 0.1) is 5.82 Å². The summed E-state index contributed by atoms with van der Waals surface area (Å²) in [6, 6.07) is 6.25. The van der Waals surface area contributed by atoms with E-state index in [2.05, 4.69) is 25.3 Å². The number of fused-ring (bicyclic) bond motifs is 3. The van der Waals surface area contributed by atoms with Crippen LogP contribution < -0.4 is 15.8 Å². The van der Waals surface area contributed by atoms with Crippen LogP contribution in [0.2, 0.25) is 0 Å². The summed E-state index contributed by atoms with van der Waals surface area (Å²) >= 11 is 0. The zero-order valence-electron chi connectivity index (χ0n) is 18.2. The number of nitrogens with one attached hydrogen (secondary N) is 1. The minimum absolute atomic E-state index is 0.172. The van der Waals surface area contributed by atoms with Gasteiger partial charge in [-0.1, -0.05) is 0 Å². The van der Waals surface area contributed by atoms with Gasteiger partial charge in [0.2, 0.25) is 5.88 Å². The van der Waals surface area contributed by atoms with Crippen LogP contribution in [0.25, 0.3) is 11.0 Å². The SMILES string of the molecule is COc1cnc2c(Nc3ccc(F)c([C@@]4(C)N=C(N)[C@H]5CCC[C@H]4S5(O)O)c3)nccc2n1. The number of benzene rings is 1. The van der Waals surface area contributed by atoms with Gasteiger partial charge in [0, 0.05) is 17.4 Å². The first-order valence-electron chi connectivity index (χ1n) is 10.6. The Labute approximate surface area is 191 Å². The number of pyridine rings is 1. The molecule has 5 rings (SSSR count). The van der Waals surface area contributed by atoms with Crippen molar-refractivity contribution >= 4 is 39.0 Å². The number of hydrogen-bond donors (Lipinski definition) is 4. The van der Waals surface area contributed by atoms with Gasteiger partial charge in [0.1, 0.15) is 28.0 Å². The molecule has 2 aliphatic rings. The maximum atomic E-state index is 15.1. The number of aliphatic imine (C=N–C) groups is 1. The molecule has 11 heteroatoms. The molecule has 33 heavy (non-hydrogen) atoms. The van der Waals surface area contributed by atoms with Crippen LogP contribution in [0.5, 0.6) is 5.88 Å². The minimum Gasteiger partial charge on any atom is -0.480 e. The highest BCUT2D eigenvalue weighted by molar-refractivity contribution is 8.26. The first-order valence-corrected chi connectivity index (χ1v) is 12.3. The number of ether oxygens (including phenoxy) is 1. The lowest BCUT2D eigenvalue weighted by molar-refractivity contribution is 0.337. The van der Waals surface area contributed by atoms with E-state index in [1.165, 1.54) is 19.4 Å². The minimum atomic E-state index is -3.08. The van der Waals surface area contributed by atoms with Crippen molar-refractivity contribution in [3.63, 3.8) is 0 Å². The van der Waals surface area contributed by atoms with Gasteiger partial charge < -0.3 is 15.8 Å². The summed E-state index contributed by atoms with van der Waals surface area (Å²) in [5.41, 5.74) is 6.85. The van der Waals surface area contributed by atoms with Gasteiger partial charge in [-0.3, -0.25) is 14.1 Å². The molecule has 2 bridgehead atoms. The fourth-order valence-electron chi connectivity index (χ4n) is 4.87. The van der Waals surface area contributed by atoms with Crippen molar-refractivity contribution in [3.05, 3.63) is 48.0 Å². The summed E-state index contributed by atoms with van der Waals surface area (Å²) in [7, 11) is -1.56. The van der Waals surface area contributed by atoms with Gasteiger partial charge in [-0.25, -0.2) is 19.3 Å². The lowest BCUT2D eigenvalue weighted by atomic mass is 9.84. The van der Waals surface area contributed by atoms with Crippen molar-refractivity contribution < 1.29 is 18.2 Å². The fourth-order valence-corrected chi connectivity index (χ4v) is 7.56. The maximum Gasteiger partial charge on any atom is 0.232 e. The van der Waals surface area contributed by atoms with Gasteiger partial charge in [0.05, 0.1) is 24.1 Å². The van der Waals surface area contributed by atoms with E-state index in [4.69, 9.17) is 10.5 Å². The monoisotopic (exact) mass is 472 g/mol.